The number of aromatic amines is 1. The van der Waals surface area contributed by atoms with Gasteiger partial charge in [0.25, 0.3) is 0 Å². The molecule has 0 aliphatic heterocycles. The van der Waals surface area contributed by atoms with Crippen molar-refractivity contribution in [3.05, 3.63) is 69.9 Å². The van der Waals surface area contributed by atoms with Gasteiger partial charge >= 0.3 is 0 Å². The van der Waals surface area contributed by atoms with Gasteiger partial charge in [-0.2, -0.15) is 0 Å². The number of aromatic nitrogens is 1. The van der Waals surface area contributed by atoms with E-state index in [0.29, 0.717) is 0 Å². The van der Waals surface area contributed by atoms with Gasteiger partial charge in [-0.3, -0.25) is 0 Å². The van der Waals surface area contributed by atoms with Crippen molar-refractivity contribution in [2.45, 2.75) is 20.3 Å². The van der Waals surface area contributed by atoms with Gasteiger partial charge in [-0.15, -0.1) is 0 Å². The SMILES string of the molecule is Cc1ccc2[nH]c(C)c(Cc3ccc(Cl)cc3)c2c1. The second-order valence-corrected chi connectivity index (χ2v) is 5.52. The second-order valence-electron chi connectivity index (χ2n) is 5.08. The summed E-state index contributed by atoms with van der Waals surface area (Å²) in [7, 11) is 0. The Morgan fingerprint density at radius 2 is 1.74 bits per heavy atom. The van der Waals surface area contributed by atoms with Gasteiger partial charge in [0.1, 0.15) is 0 Å². The Kier molecular flexibility index (Phi) is 3.08. The molecule has 3 aromatic rings. The smallest absolute Gasteiger partial charge is 0.0459 e. The van der Waals surface area contributed by atoms with Crippen LogP contribution in [0.15, 0.2) is 42.5 Å². The largest absolute Gasteiger partial charge is 0.358 e. The standard InChI is InChI=1S/C17H16ClN/c1-11-3-8-17-16(9-11)15(12(2)19-17)10-13-4-6-14(18)7-5-13/h3-9,19H,10H2,1-2H3. The lowest BCUT2D eigenvalue weighted by Gasteiger charge is -2.03. The molecule has 0 spiro atoms. The molecule has 0 unspecified atom stereocenters. The number of nitrogens with one attached hydrogen (secondary N) is 1. The molecule has 0 fully saturated rings. The summed E-state index contributed by atoms with van der Waals surface area (Å²) < 4.78 is 0. The zero-order valence-corrected chi connectivity index (χ0v) is 11.9. The number of H-pyrrole nitrogens is 1. The molecule has 1 N–H and O–H groups in total. The molecular weight excluding hydrogens is 254 g/mol. The first-order valence-corrected chi connectivity index (χ1v) is 6.83. The van der Waals surface area contributed by atoms with Gasteiger partial charge in [0, 0.05) is 21.6 Å². The van der Waals surface area contributed by atoms with Crippen LogP contribution in [-0.2, 0) is 6.42 Å². The van der Waals surface area contributed by atoms with E-state index in [1.807, 2.05) is 12.1 Å². The van der Waals surface area contributed by atoms with Gasteiger partial charge in [-0.25, -0.2) is 0 Å². The third-order valence-electron chi connectivity index (χ3n) is 3.57. The van der Waals surface area contributed by atoms with E-state index in [2.05, 4.69) is 49.2 Å². The Hall–Kier alpha value is -1.73. The van der Waals surface area contributed by atoms with Crippen molar-refractivity contribution in [3.63, 3.8) is 0 Å². The molecule has 0 aliphatic carbocycles. The zero-order valence-electron chi connectivity index (χ0n) is 11.1. The van der Waals surface area contributed by atoms with Crippen molar-refractivity contribution in [1.82, 2.24) is 4.98 Å². The van der Waals surface area contributed by atoms with Crippen molar-refractivity contribution in [2.24, 2.45) is 0 Å². The Morgan fingerprint density at radius 3 is 2.47 bits per heavy atom. The number of aryl methyl sites for hydroxylation is 2. The highest BCUT2D eigenvalue weighted by molar-refractivity contribution is 6.30. The van der Waals surface area contributed by atoms with Crippen LogP contribution in [0.25, 0.3) is 10.9 Å². The summed E-state index contributed by atoms with van der Waals surface area (Å²) in [5, 5.41) is 2.11. The van der Waals surface area contributed by atoms with E-state index in [0.717, 1.165) is 11.4 Å². The van der Waals surface area contributed by atoms with Crippen molar-refractivity contribution in [3.8, 4) is 0 Å². The molecule has 1 heterocycles. The number of fused-ring (bicyclic) bond motifs is 1. The Morgan fingerprint density at radius 1 is 1.00 bits per heavy atom. The number of hydrogen-bond acceptors (Lipinski definition) is 0. The van der Waals surface area contributed by atoms with Crippen LogP contribution in [0.3, 0.4) is 0 Å². The lowest BCUT2D eigenvalue weighted by atomic mass is 10.0. The molecule has 0 saturated carbocycles. The van der Waals surface area contributed by atoms with Crippen molar-refractivity contribution < 1.29 is 0 Å². The van der Waals surface area contributed by atoms with Crippen LogP contribution in [0.4, 0.5) is 0 Å². The van der Waals surface area contributed by atoms with Crippen LogP contribution in [-0.4, -0.2) is 4.98 Å². The van der Waals surface area contributed by atoms with E-state index >= 15 is 0 Å². The maximum Gasteiger partial charge on any atom is 0.0459 e. The molecule has 2 heteroatoms. The molecule has 96 valence electrons. The molecule has 0 saturated heterocycles. The van der Waals surface area contributed by atoms with Crippen LogP contribution in [0.1, 0.15) is 22.4 Å². The Bertz CT molecular complexity index is 723. The average molecular weight is 270 g/mol. The fourth-order valence-corrected chi connectivity index (χ4v) is 2.66. The average Bonchev–Trinajstić information content (AvgIpc) is 2.69. The summed E-state index contributed by atoms with van der Waals surface area (Å²) in [6.45, 7) is 4.27. The quantitative estimate of drug-likeness (QED) is 0.672. The summed E-state index contributed by atoms with van der Waals surface area (Å²) >= 11 is 5.93. The molecule has 0 amide bonds. The maximum absolute atomic E-state index is 5.93. The van der Waals surface area contributed by atoms with Crippen LogP contribution in [0, 0.1) is 13.8 Å². The first-order valence-electron chi connectivity index (χ1n) is 6.46. The molecule has 0 atom stereocenters. The van der Waals surface area contributed by atoms with Gasteiger partial charge in [0.05, 0.1) is 0 Å². The minimum atomic E-state index is 0.787. The fourth-order valence-electron chi connectivity index (χ4n) is 2.53. The predicted molar refractivity (Wildman–Crippen MR) is 82.0 cm³/mol. The highest BCUT2D eigenvalue weighted by atomic mass is 35.5. The molecule has 0 radical (unpaired) electrons. The molecule has 19 heavy (non-hydrogen) atoms. The molecule has 3 rings (SSSR count). The molecule has 2 aromatic carbocycles. The van der Waals surface area contributed by atoms with Gasteiger partial charge in [-0.05, 0) is 55.7 Å². The summed E-state index contributed by atoms with van der Waals surface area (Å²) in [6, 6.07) is 14.6. The molecule has 0 aliphatic rings. The topological polar surface area (TPSA) is 15.8 Å². The van der Waals surface area contributed by atoms with Gasteiger partial charge in [-0.1, -0.05) is 35.4 Å². The van der Waals surface area contributed by atoms with Crippen molar-refractivity contribution in [2.75, 3.05) is 0 Å². The normalized spacial score (nSPS) is 11.1. The number of hydrogen-bond donors (Lipinski definition) is 1. The molecule has 1 aromatic heterocycles. The summed E-state index contributed by atoms with van der Waals surface area (Å²) in [4.78, 5) is 3.46. The Labute approximate surface area is 118 Å². The lowest BCUT2D eigenvalue weighted by molar-refractivity contribution is 1.15. The van der Waals surface area contributed by atoms with Gasteiger partial charge in [0.2, 0.25) is 0 Å². The summed E-state index contributed by atoms with van der Waals surface area (Å²) in [5.74, 6) is 0. The lowest BCUT2D eigenvalue weighted by Crippen LogP contribution is -1.89. The van der Waals surface area contributed by atoms with Crippen molar-refractivity contribution in [1.29, 1.82) is 0 Å². The number of halogens is 1. The number of rotatable bonds is 2. The first kappa shape index (κ1) is 12.3. The third kappa shape index (κ3) is 2.39. The zero-order chi connectivity index (χ0) is 13.4. The molecular formula is C17H16ClN. The van der Waals surface area contributed by atoms with Gasteiger partial charge in [0.15, 0.2) is 0 Å². The first-order chi connectivity index (χ1) is 9.13. The van der Waals surface area contributed by atoms with E-state index in [1.165, 1.54) is 33.3 Å². The highest BCUT2D eigenvalue weighted by Gasteiger charge is 2.09. The highest BCUT2D eigenvalue weighted by Crippen LogP contribution is 2.26. The van der Waals surface area contributed by atoms with Gasteiger partial charge < -0.3 is 4.98 Å². The van der Waals surface area contributed by atoms with Crippen LogP contribution >= 0.6 is 11.6 Å². The monoisotopic (exact) mass is 269 g/mol. The maximum atomic E-state index is 5.93. The van der Waals surface area contributed by atoms with Crippen LogP contribution in [0.5, 0.6) is 0 Å². The van der Waals surface area contributed by atoms with Crippen LogP contribution < -0.4 is 0 Å². The van der Waals surface area contributed by atoms with E-state index in [1.54, 1.807) is 0 Å². The molecule has 1 nitrogen and oxygen atoms in total. The minimum Gasteiger partial charge on any atom is -0.358 e. The van der Waals surface area contributed by atoms with E-state index in [9.17, 15) is 0 Å². The van der Waals surface area contributed by atoms with Crippen LogP contribution in [0.2, 0.25) is 5.02 Å². The second kappa shape index (κ2) is 4.75. The molecule has 0 bridgehead atoms. The predicted octanol–water partition coefficient (Wildman–Crippen LogP) is 5.03. The fraction of sp³-hybridized carbons (Fsp3) is 0.176. The Balaban J connectivity index is 2.06. The van der Waals surface area contributed by atoms with E-state index in [4.69, 9.17) is 11.6 Å². The van der Waals surface area contributed by atoms with E-state index in [-0.39, 0.29) is 0 Å². The third-order valence-corrected chi connectivity index (χ3v) is 3.82. The summed E-state index contributed by atoms with van der Waals surface area (Å²) in [5.41, 5.74) is 6.42. The van der Waals surface area contributed by atoms with E-state index < -0.39 is 0 Å². The number of benzene rings is 2. The van der Waals surface area contributed by atoms with Crippen molar-refractivity contribution >= 4 is 22.5 Å². The summed E-state index contributed by atoms with van der Waals surface area (Å²) in [6.07, 6.45) is 0.937. The minimum absolute atomic E-state index is 0.787.